The van der Waals surface area contributed by atoms with Gasteiger partial charge in [0.2, 0.25) is 5.91 Å². The van der Waals surface area contributed by atoms with Crippen LogP contribution in [0.25, 0.3) is 0 Å². The fraction of sp³-hybridized carbons (Fsp3) is 0.462. The predicted molar refractivity (Wildman–Crippen MR) is 71.5 cm³/mol. The monoisotopic (exact) mass is 314 g/mol. The molecule has 18 heavy (non-hydrogen) atoms. The smallest absolute Gasteiger partial charge is 0.237 e. The summed E-state index contributed by atoms with van der Waals surface area (Å²) < 4.78 is 13.9. The van der Waals surface area contributed by atoms with E-state index in [-0.39, 0.29) is 17.8 Å². The summed E-state index contributed by atoms with van der Waals surface area (Å²) in [7, 11) is 0. The number of hydrogen-bond acceptors (Lipinski definition) is 2. The summed E-state index contributed by atoms with van der Waals surface area (Å²) in [6.07, 6.45) is 1.02. The number of rotatable bonds is 3. The molecule has 1 saturated heterocycles. The maximum Gasteiger partial charge on any atom is 0.237 e. The fourth-order valence-electron chi connectivity index (χ4n) is 2.16. The van der Waals surface area contributed by atoms with Crippen molar-refractivity contribution in [3.63, 3.8) is 0 Å². The highest BCUT2D eigenvalue weighted by Crippen LogP contribution is 2.18. The Bertz CT molecular complexity index is 453. The largest absolute Gasteiger partial charge is 0.351 e. The molecule has 1 aromatic carbocycles. The molecule has 1 aliphatic heterocycles. The van der Waals surface area contributed by atoms with Gasteiger partial charge < -0.3 is 10.6 Å². The number of halogens is 2. The van der Waals surface area contributed by atoms with Crippen molar-refractivity contribution in [2.45, 2.75) is 25.9 Å². The molecule has 0 saturated carbocycles. The van der Waals surface area contributed by atoms with E-state index in [1.54, 1.807) is 6.07 Å². The topological polar surface area (TPSA) is 41.1 Å². The third-order valence-corrected chi connectivity index (χ3v) is 4.05. The summed E-state index contributed by atoms with van der Waals surface area (Å²) in [4.78, 5) is 11.9. The van der Waals surface area contributed by atoms with Gasteiger partial charge in [-0.15, -0.1) is 0 Å². The molecule has 2 N–H and O–H groups in total. The van der Waals surface area contributed by atoms with Gasteiger partial charge in [0.05, 0.1) is 6.04 Å². The van der Waals surface area contributed by atoms with E-state index < -0.39 is 0 Å². The maximum atomic E-state index is 13.1. The Balaban J connectivity index is 1.95. The first-order valence-electron chi connectivity index (χ1n) is 6.03. The van der Waals surface area contributed by atoms with Crippen molar-refractivity contribution in [2.24, 2.45) is 5.92 Å². The Morgan fingerprint density at radius 2 is 2.39 bits per heavy atom. The van der Waals surface area contributed by atoms with E-state index in [0.717, 1.165) is 23.0 Å². The van der Waals surface area contributed by atoms with Crippen molar-refractivity contribution >= 4 is 21.8 Å². The first-order chi connectivity index (χ1) is 8.58. The Labute approximate surface area is 114 Å². The SMILES string of the molecule is CC1CCNC1C(=O)NCc1cc(F)ccc1Br. The molecular formula is C13H16BrFN2O. The predicted octanol–water partition coefficient (Wildman–Crippen LogP) is 2.20. The molecule has 5 heteroatoms. The summed E-state index contributed by atoms with van der Waals surface area (Å²) in [6, 6.07) is 4.33. The lowest BCUT2D eigenvalue weighted by molar-refractivity contribution is -0.123. The van der Waals surface area contributed by atoms with Crippen molar-refractivity contribution < 1.29 is 9.18 Å². The molecule has 0 aromatic heterocycles. The Morgan fingerprint density at radius 1 is 1.61 bits per heavy atom. The zero-order chi connectivity index (χ0) is 13.1. The first-order valence-corrected chi connectivity index (χ1v) is 6.82. The highest BCUT2D eigenvalue weighted by Gasteiger charge is 2.28. The van der Waals surface area contributed by atoms with Gasteiger partial charge in [-0.05, 0) is 42.6 Å². The van der Waals surface area contributed by atoms with Crippen molar-refractivity contribution in [3.8, 4) is 0 Å². The molecular weight excluding hydrogens is 299 g/mol. The molecule has 1 amide bonds. The van der Waals surface area contributed by atoms with Crippen LogP contribution in [0.15, 0.2) is 22.7 Å². The van der Waals surface area contributed by atoms with Crippen LogP contribution >= 0.6 is 15.9 Å². The van der Waals surface area contributed by atoms with E-state index in [9.17, 15) is 9.18 Å². The molecule has 3 nitrogen and oxygen atoms in total. The highest BCUT2D eigenvalue weighted by molar-refractivity contribution is 9.10. The number of benzene rings is 1. The highest BCUT2D eigenvalue weighted by atomic mass is 79.9. The molecule has 0 aliphatic carbocycles. The van der Waals surface area contributed by atoms with Crippen molar-refractivity contribution in [2.75, 3.05) is 6.54 Å². The minimum Gasteiger partial charge on any atom is -0.351 e. The molecule has 98 valence electrons. The number of amides is 1. The van der Waals surface area contributed by atoms with E-state index >= 15 is 0 Å². The van der Waals surface area contributed by atoms with Crippen LogP contribution in [-0.2, 0) is 11.3 Å². The van der Waals surface area contributed by atoms with Gasteiger partial charge in [-0.3, -0.25) is 4.79 Å². The quantitative estimate of drug-likeness (QED) is 0.898. The van der Waals surface area contributed by atoms with Gasteiger partial charge in [-0.1, -0.05) is 22.9 Å². The molecule has 0 spiro atoms. The first kappa shape index (κ1) is 13.5. The van der Waals surface area contributed by atoms with Gasteiger partial charge in [0.25, 0.3) is 0 Å². The molecule has 1 aliphatic rings. The average Bonchev–Trinajstić information content (AvgIpc) is 2.76. The third-order valence-electron chi connectivity index (χ3n) is 3.28. The summed E-state index contributed by atoms with van der Waals surface area (Å²) in [5.41, 5.74) is 0.744. The van der Waals surface area contributed by atoms with Gasteiger partial charge in [-0.2, -0.15) is 0 Å². The van der Waals surface area contributed by atoms with Crippen molar-refractivity contribution in [1.82, 2.24) is 10.6 Å². The lowest BCUT2D eigenvalue weighted by atomic mass is 10.0. The molecule has 1 fully saturated rings. The maximum absolute atomic E-state index is 13.1. The molecule has 1 heterocycles. The second kappa shape index (κ2) is 5.80. The molecule has 0 radical (unpaired) electrons. The number of hydrogen-bond donors (Lipinski definition) is 2. The van der Waals surface area contributed by atoms with Crippen LogP contribution in [0.1, 0.15) is 18.9 Å². The lowest BCUT2D eigenvalue weighted by Gasteiger charge is -2.15. The van der Waals surface area contributed by atoms with Crippen LogP contribution < -0.4 is 10.6 Å². The zero-order valence-corrected chi connectivity index (χ0v) is 11.8. The van der Waals surface area contributed by atoms with Crippen molar-refractivity contribution in [1.29, 1.82) is 0 Å². The minimum atomic E-state index is -0.296. The fourth-order valence-corrected chi connectivity index (χ4v) is 2.54. The number of carbonyl (C=O) groups is 1. The summed E-state index contributed by atoms with van der Waals surface area (Å²) >= 11 is 3.34. The second-order valence-electron chi connectivity index (χ2n) is 4.65. The summed E-state index contributed by atoms with van der Waals surface area (Å²) in [5, 5.41) is 6.01. The van der Waals surface area contributed by atoms with Gasteiger partial charge in [0.1, 0.15) is 5.82 Å². The summed E-state index contributed by atoms with van der Waals surface area (Å²) in [5.74, 6) is 0.0342. The van der Waals surface area contributed by atoms with Gasteiger partial charge in [0, 0.05) is 11.0 Å². The summed E-state index contributed by atoms with van der Waals surface area (Å²) in [6.45, 7) is 3.27. The van der Waals surface area contributed by atoms with Crippen LogP contribution in [0.5, 0.6) is 0 Å². The molecule has 2 rings (SSSR count). The molecule has 2 unspecified atom stereocenters. The number of nitrogens with one attached hydrogen (secondary N) is 2. The normalized spacial score (nSPS) is 23.1. The van der Waals surface area contributed by atoms with Crippen molar-refractivity contribution in [3.05, 3.63) is 34.1 Å². The van der Waals surface area contributed by atoms with E-state index in [2.05, 4.69) is 33.5 Å². The zero-order valence-electron chi connectivity index (χ0n) is 10.2. The number of carbonyl (C=O) groups excluding carboxylic acids is 1. The van der Waals surface area contributed by atoms with Gasteiger partial charge in [0.15, 0.2) is 0 Å². The van der Waals surface area contributed by atoms with E-state index in [0.29, 0.717) is 12.5 Å². The van der Waals surface area contributed by atoms with Crippen LogP contribution in [0, 0.1) is 11.7 Å². The minimum absolute atomic E-state index is 0.0174. The van der Waals surface area contributed by atoms with Crippen LogP contribution in [0.2, 0.25) is 0 Å². The van der Waals surface area contributed by atoms with E-state index in [4.69, 9.17) is 0 Å². The Morgan fingerprint density at radius 3 is 3.06 bits per heavy atom. The standard InChI is InChI=1S/C13H16BrFN2O/c1-8-4-5-16-12(8)13(18)17-7-9-6-10(15)2-3-11(9)14/h2-3,6,8,12,16H,4-5,7H2,1H3,(H,17,18). The van der Waals surface area contributed by atoms with Gasteiger partial charge >= 0.3 is 0 Å². The third kappa shape index (κ3) is 3.09. The lowest BCUT2D eigenvalue weighted by Crippen LogP contribution is -2.42. The van der Waals surface area contributed by atoms with Crippen LogP contribution in [0.3, 0.4) is 0 Å². The van der Waals surface area contributed by atoms with E-state index in [1.807, 2.05) is 0 Å². The van der Waals surface area contributed by atoms with E-state index in [1.165, 1.54) is 12.1 Å². The second-order valence-corrected chi connectivity index (χ2v) is 5.51. The Hall–Kier alpha value is -0.940. The Kier molecular flexibility index (Phi) is 4.35. The van der Waals surface area contributed by atoms with Gasteiger partial charge in [-0.25, -0.2) is 4.39 Å². The molecule has 2 atom stereocenters. The van der Waals surface area contributed by atoms with Crippen LogP contribution in [-0.4, -0.2) is 18.5 Å². The average molecular weight is 315 g/mol. The molecule has 1 aromatic rings. The molecule has 0 bridgehead atoms. The van der Waals surface area contributed by atoms with Crippen LogP contribution in [0.4, 0.5) is 4.39 Å².